The van der Waals surface area contributed by atoms with Crippen molar-refractivity contribution in [2.75, 3.05) is 20.6 Å². The maximum absolute atomic E-state index is 12.7. The first-order chi connectivity index (χ1) is 13.4. The summed E-state index contributed by atoms with van der Waals surface area (Å²) in [4.78, 5) is 39.5. The summed E-state index contributed by atoms with van der Waals surface area (Å²) in [5, 5.41) is 3.09. The first-order valence-corrected chi connectivity index (χ1v) is 9.36. The van der Waals surface area contributed by atoms with Gasteiger partial charge in [0.1, 0.15) is 0 Å². The number of hydrogen-bond donors (Lipinski definition) is 1. The van der Waals surface area contributed by atoms with Gasteiger partial charge in [0.05, 0.1) is 12.6 Å². The molecule has 0 bridgehead atoms. The Morgan fingerprint density at radius 1 is 1.00 bits per heavy atom. The molecule has 1 N–H and O–H groups in total. The molecule has 1 atom stereocenters. The van der Waals surface area contributed by atoms with Crippen LogP contribution in [0.5, 0.6) is 0 Å². The number of imide groups is 1. The molecule has 3 amide bonds. The van der Waals surface area contributed by atoms with Gasteiger partial charge in [0.2, 0.25) is 11.8 Å². The van der Waals surface area contributed by atoms with Gasteiger partial charge in [-0.05, 0) is 37.4 Å². The minimum absolute atomic E-state index is 0.122. The maximum Gasteiger partial charge on any atom is 0.251 e. The third-order valence-electron chi connectivity index (χ3n) is 4.77. The highest BCUT2D eigenvalue weighted by Gasteiger charge is 2.28. The number of hydrogen-bond acceptors (Lipinski definition) is 4. The van der Waals surface area contributed by atoms with E-state index in [9.17, 15) is 14.4 Å². The molecule has 1 saturated heterocycles. The molecule has 146 valence electrons. The van der Waals surface area contributed by atoms with Crippen molar-refractivity contribution in [3.05, 3.63) is 71.3 Å². The Morgan fingerprint density at radius 2 is 1.61 bits per heavy atom. The maximum atomic E-state index is 12.7. The summed E-state index contributed by atoms with van der Waals surface area (Å²) in [6.07, 6.45) is 0.568. The summed E-state index contributed by atoms with van der Waals surface area (Å²) in [6.45, 7) is 0.944. The first kappa shape index (κ1) is 19.8. The van der Waals surface area contributed by atoms with Crippen LogP contribution in [0.3, 0.4) is 0 Å². The Bertz CT molecular complexity index is 831. The Hall–Kier alpha value is -2.99. The molecule has 1 aliphatic rings. The lowest BCUT2D eigenvalue weighted by atomic mass is 10.1. The van der Waals surface area contributed by atoms with E-state index in [-0.39, 0.29) is 43.1 Å². The lowest BCUT2D eigenvalue weighted by Crippen LogP contribution is -2.35. The zero-order valence-electron chi connectivity index (χ0n) is 16.2. The average molecular weight is 379 g/mol. The predicted octanol–water partition coefficient (Wildman–Crippen LogP) is 2.37. The van der Waals surface area contributed by atoms with Gasteiger partial charge in [0.15, 0.2) is 0 Å². The summed E-state index contributed by atoms with van der Waals surface area (Å²) in [7, 11) is 3.94. The normalized spacial score (nSPS) is 15.2. The standard InChI is InChI=1S/C22H25N3O3/c1-24(2)15-19(17-6-4-3-5-7-17)23-22(28)18-10-8-16(9-11-18)14-25-20(26)12-13-21(25)27/h3-11,19H,12-15H2,1-2H3,(H,23,28). The van der Waals surface area contributed by atoms with Crippen LogP contribution in [0.4, 0.5) is 0 Å². The van der Waals surface area contributed by atoms with Crippen molar-refractivity contribution in [1.29, 1.82) is 0 Å². The second kappa shape index (κ2) is 8.80. The largest absolute Gasteiger partial charge is 0.344 e. The van der Waals surface area contributed by atoms with Crippen LogP contribution >= 0.6 is 0 Å². The smallest absolute Gasteiger partial charge is 0.251 e. The molecule has 1 heterocycles. The molecule has 3 rings (SSSR count). The van der Waals surface area contributed by atoms with Crippen LogP contribution in [0.2, 0.25) is 0 Å². The molecule has 0 saturated carbocycles. The van der Waals surface area contributed by atoms with Gasteiger partial charge in [0, 0.05) is 24.9 Å². The highest BCUT2D eigenvalue weighted by Crippen LogP contribution is 2.17. The Balaban J connectivity index is 1.67. The van der Waals surface area contributed by atoms with Crippen LogP contribution in [-0.4, -0.2) is 48.2 Å². The molecule has 0 aromatic heterocycles. The fourth-order valence-corrected chi connectivity index (χ4v) is 3.27. The second-order valence-electron chi connectivity index (χ2n) is 7.27. The SMILES string of the molecule is CN(C)CC(NC(=O)c1ccc(CN2C(=O)CCC2=O)cc1)c1ccccc1. The van der Waals surface area contributed by atoms with Gasteiger partial charge < -0.3 is 10.2 Å². The minimum atomic E-state index is -0.157. The van der Waals surface area contributed by atoms with Gasteiger partial charge >= 0.3 is 0 Å². The van der Waals surface area contributed by atoms with Gasteiger partial charge in [-0.15, -0.1) is 0 Å². The van der Waals surface area contributed by atoms with Crippen molar-refractivity contribution < 1.29 is 14.4 Å². The number of nitrogens with zero attached hydrogens (tertiary/aromatic N) is 2. The van der Waals surface area contributed by atoms with Crippen LogP contribution in [-0.2, 0) is 16.1 Å². The van der Waals surface area contributed by atoms with E-state index in [0.717, 1.165) is 11.1 Å². The van der Waals surface area contributed by atoms with E-state index >= 15 is 0 Å². The van der Waals surface area contributed by atoms with E-state index in [2.05, 4.69) is 5.32 Å². The van der Waals surface area contributed by atoms with E-state index in [1.165, 1.54) is 4.90 Å². The molecule has 28 heavy (non-hydrogen) atoms. The topological polar surface area (TPSA) is 69.7 Å². The summed E-state index contributed by atoms with van der Waals surface area (Å²) in [5.41, 5.74) is 2.42. The van der Waals surface area contributed by atoms with Crippen molar-refractivity contribution in [2.45, 2.75) is 25.4 Å². The third kappa shape index (κ3) is 4.84. The highest BCUT2D eigenvalue weighted by molar-refractivity contribution is 6.01. The number of amides is 3. The number of likely N-dealkylation sites (N-methyl/N-ethyl adjacent to an activating group) is 1. The molecule has 0 radical (unpaired) electrons. The molecule has 6 heteroatoms. The molecular weight excluding hydrogens is 354 g/mol. The molecular formula is C22H25N3O3. The number of carbonyl (C=O) groups is 3. The fourth-order valence-electron chi connectivity index (χ4n) is 3.27. The monoisotopic (exact) mass is 379 g/mol. The van der Waals surface area contributed by atoms with Crippen molar-refractivity contribution >= 4 is 17.7 Å². The number of carbonyl (C=O) groups excluding carboxylic acids is 3. The van der Waals surface area contributed by atoms with E-state index in [1.54, 1.807) is 24.3 Å². The number of rotatable bonds is 7. The van der Waals surface area contributed by atoms with E-state index in [4.69, 9.17) is 0 Å². The van der Waals surface area contributed by atoms with Crippen molar-refractivity contribution in [3.63, 3.8) is 0 Å². The zero-order valence-corrected chi connectivity index (χ0v) is 16.2. The molecule has 1 fully saturated rings. The van der Waals surface area contributed by atoms with E-state index in [1.807, 2.05) is 49.3 Å². The van der Waals surface area contributed by atoms with Crippen LogP contribution in [0.15, 0.2) is 54.6 Å². The molecule has 0 aliphatic carbocycles. The van der Waals surface area contributed by atoms with Crippen molar-refractivity contribution in [3.8, 4) is 0 Å². The molecule has 6 nitrogen and oxygen atoms in total. The number of benzene rings is 2. The second-order valence-corrected chi connectivity index (χ2v) is 7.27. The lowest BCUT2D eigenvalue weighted by molar-refractivity contribution is -0.139. The molecule has 1 aliphatic heterocycles. The van der Waals surface area contributed by atoms with E-state index in [0.29, 0.717) is 12.1 Å². The molecule has 0 spiro atoms. The fraction of sp³-hybridized carbons (Fsp3) is 0.318. The van der Waals surface area contributed by atoms with Gasteiger partial charge in [-0.2, -0.15) is 0 Å². The van der Waals surface area contributed by atoms with Crippen LogP contribution < -0.4 is 5.32 Å². The lowest BCUT2D eigenvalue weighted by Gasteiger charge is -2.23. The quantitative estimate of drug-likeness (QED) is 0.750. The average Bonchev–Trinajstić information content (AvgIpc) is 3.00. The van der Waals surface area contributed by atoms with Gasteiger partial charge in [-0.1, -0.05) is 42.5 Å². The number of likely N-dealkylation sites (tertiary alicyclic amines) is 1. The molecule has 2 aromatic carbocycles. The minimum Gasteiger partial charge on any atom is -0.344 e. The van der Waals surface area contributed by atoms with Crippen molar-refractivity contribution in [1.82, 2.24) is 15.1 Å². The Labute approximate surface area is 165 Å². The Morgan fingerprint density at radius 3 is 2.18 bits per heavy atom. The molecule has 1 unspecified atom stereocenters. The van der Waals surface area contributed by atoms with Crippen LogP contribution in [0.25, 0.3) is 0 Å². The number of nitrogens with one attached hydrogen (secondary N) is 1. The van der Waals surface area contributed by atoms with Gasteiger partial charge in [-0.25, -0.2) is 0 Å². The van der Waals surface area contributed by atoms with Crippen LogP contribution in [0, 0.1) is 0 Å². The Kier molecular flexibility index (Phi) is 6.21. The highest BCUT2D eigenvalue weighted by atomic mass is 16.2. The van der Waals surface area contributed by atoms with Gasteiger partial charge in [-0.3, -0.25) is 19.3 Å². The van der Waals surface area contributed by atoms with Gasteiger partial charge in [0.25, 0.3) is 5.91 Å². The zero-order chi connectivity index (χ0) is 20.1. The summed E-state index contributed by atoms with van der Waals surface area (Å²) < 4.78 is 0. The van der Waals surface area contributed by atoms with Crippen LogP contribution in [0.1, 0.15) is 40.4 Å². The van der Waals surface area contributed by atoms with Crippen molar-refractivity contribution in [2.24, 2.45) is 0 Å². The third-order valence-corrected chi connectivity index (χ3v) is 4.77. The summed E-state index contributed by atoms with van der Waals surface area (Å²) in [5.74, 6) is -0.432. The molecule has 2 aromatic rings. The summed E-state index contributed by atoms with van der Waals surface area (Å²) >= 11 is 0. The van der Waals surface area contributed by atoms with E-state index < -0.39 is 0 Å². The predicted molar refractivity (Wildman–Crippen MR) is 106 cm³/mol. The summed E-state index contributed by atoms with van der Waals surface area (Å²) in [6, 6.07) is 16.8. The first-order valence-electron chi connectivity index (χ1n) is 9.36.